The molecule has 1 aromatic carbocycles. The lowest BCUT2D eigenvalue weighted by atomic mass is 9.92. The number of nitrogens with one attached hydrogen (secondary N) is 2. The van der Waals surface area contributed by atoms with Crippen LogP contribution in [-0.4, -0.2) is 27.9 Å². The van der Waals surface area contributed by atoms with E-state index < -0.39 is 0 Å². The van der Waals surface area contributed by atoms with Gasteiger partial charge in [-0.25, -0.2) is 4.79 Å². The van der Waals surface area contributed by atoms with Crippen molar-refractivity contribution >= 4 is 11.8 Å². The standard InChI is InChI=1S/C19H26N4O2/c1-19(2,3)16-11-12-17(23-22-16)21-18(25)20-15(10-7-13-24)14-8-5-4-6-9-14/h4-6,8-9,11-12,15,24H,7,10,13H2,1-3H3,(H2,20,21,23,25). The minimum atomic E-state index is -0.343. The highest BCUT2D eigenvalue weighted by atomic mass is 16.3. The maximum absolute atomic E-state index is 12.3. The van der Waals surface area contributed by atoms with Gasteiger partial charge in [0.05, 0.1) is 11.7 Å². The summed E-state index contributed by atoms with van der Waals surface area (Å²) in [6.45, 7) is 6.26. The number of anilines is 1. The summed E-state index contributed by atoms with van der Waals surface area (Å²) in [5.41, 5.74) is 1.78. The third kappa shape index (κ3) is 5.83. The minimum absolute atomic E-state index is 0.0868. The second-order valence-electron chi connectivity index (χ2n) is 6.98. The first-order valence-electron chi connectivity index (χ1n) is 8.47. The van der Waals surface area contributed by atoms with Gasteiger partial charge in [0.25, 0.3) is 0 Å². The molecule has 25 heavy (non-hydrogen) atoms. The van der Waals surface area contributed by atoms with E-state index in [0.717, 1.165) is 11.3 Å². The van der Waals surface area contributed by atoms with Gasteiger partial charge in [0, 0.05) is 12.0 Å². The van der Waals surface area contributed by atoms with E-state index in [-0.39, 0.29) is 24.1 Å². The molecule has 0 aliphatic heterocycles. The zero-order chi connectivity index (χ0) is 18.3. The van der Waals surface area contributed by atoms with Crippen LogP contribution in [0.1, 0.15) is 50.9 Å². The summed E-state index contributed by atoms with van der Waals surface area (Å²) in [5, 5.41) is 22.9. The van der Waals surface area contributed by atoms with Gasteiger partial charge in [0.15, 0.2) is 5.82 Å². The second-order valence-corrected chi connectivity index (χ2v) is 6.98. The third-order valence-corrected chi connectivity index (χ3v) is 3.83. The molecular weight excluding hydrogens is 316 g/mol. The summed E-state index contributed by atoms with van der Waals surface area (Å²) in [7, 11) is 0. The number of amides is 2. The van der Waals surface area contributed by atoms with Gasteiger partial charge >= 0.3 is 6.03 Å². The van der Waals surface area contributed by atoms with Crippen molar-refractivity contribution in [2.24, 2.45) is 0 Å². The average molecular weight is 342 g/mol. The Morgan fingerprint density at radius 2 is 1.84 bits per heavy atom. The number of urea groups is 1. The third-order valence-electron chi connectivity index (χ3n) is 3.83. The number of carbonyl (C=O) groups excluding carboxylic acids is 1. The SMILES string of the molecule is CC(C)(C)c1ccc(NC(=O)NC(CCCO)c2ccccc2)nn1. The topological polar surface area (TPSA) is 87.1 Å². The summed E-state index contributed by atoms with van der Waals surface area (Å²) < 4.78 is 0. The van der Waals surface area contributed by atoms with Crippen LogP contribution >= 0.6 is 0 Å². The van der Waals surface area contributed by atoms with Gasteiger partial charge in [-0.1, -0.05) is 51.1 Å². The van der Waals surface area contributed by atoms with Crippen molar-refractivity contribution in [3.63, 3.8) is 0 Å². The molecule has 6 nitrogen and oxygen atoms in total. The number of aromatic nitrogens is 2. The second kappa shape index (κ2) is 8.58. The average Bonchev–Trinajstić information content (AvgIpc) is 2.59. The van der Waals surface area contributed by atoms with E-state index in [1.165, 1.54) is 0 Å². The first kappa shape index (κ1) is 18.9. The molecule has 2 rings (SSSR count). The summed E-state index contributed by atoms with van der Waals surface area (Å²) in [5.74, 6) is 0.402. The predicted molar refractivity (Wildman–Crippen MR) is 98.4 cm³/mol. The normalized spacial score (nSPS) is 12.5. The molecular formula is C19H26N4O2. The maximum atomic E-state index is 12.3. The predicted octanol–water partition coefficient (Wildman–Crippen LogP) is 3.41. The van der Waals surface area contributed by atoms with Crippen LogP contribution in [0, 0.1) is 0 Å². The Bertz CT molecular complexity index is 666. The van der Waals surface area contributed by atoms with Crippen LogP contribution in [0.2, 0.25) is 0 Å². The number of aliphatic hydroxyl groups is 1. The number of rotatable bonds is 6. The highest BCUT2D eigenvalue weighted by Crippen LogP contribution is 2.20. The lowest BCUT2D eigenvalue weighted by Crippen LogP contribution is -2.33. The van der Waals surface area contributed by atoms with Crippen LogP contribution in [0.15, 0.2) is 42.5 Å². The van der Waals surface area contributed by atoms with Gasteiger partial charge in [-0.05, 0) is 30.5 Å². The number of aliphatic hydroxyl groups excluding tert-OH is 1. The Kier molecular flexibility index (Phi) is 6.47. The van der Waals surface area contributed by atoms with Crippen LogP contribution < -0.4 is 10.6 Å². The number of benzene rings is 1. The lowest BCUT2D eigenvalue weighted by molar-refractivity contribution is 0.243. The van der Waals surface area contributed by atoms with Gasteiger partial charge in [-0.3, -0.25) is 5.32 Å². The molecule has 3 N–H and O–H groups in total. The molecule has 0 fully saturated rings. The van der Waals surface area contributed by atoms with Crippen LogP contribution in [0.4, 0.5) is 10.6 Å². The molecule has 1 atom stereocenters. The van der Waals surface area contributed by atoms with Crippen molar-refractivity contribution in [1.29, 1.82) is 0 Å². The fraction of sp³-hybridized carbons (Fsp3) is 0.421. The maximum Gasteiger partial charge on any atom is 0.320 e. The van der Waals surface area contributed by atoms with Crippen LogP contribution in [0.5, 0.6) is 0 Å². The Morgan fingerprint density at radius 1 is 1.12 bits per heavy atom. The fourth-order valence-electron chi connectivity index (χ4n) is 2.41. The van der Waals surface area contributed by atoms with E-state index in [2.05, 4.69) is 41.6 Å². The Labute approximate surface area is 148 Å². The number of hydrogen-bond donors (Lipinski definition) is 3. The number of hydrogen-bond acceptors (Lipinski definition) is 4. The minimum Gasteiger partial charge on any atom is -0.396 e. The smallest absolute Gasteiger partial charge is 0.320 e. The first-order valence-corrected chi connectivity index (χ1v) is 8.47. The van der Waals surface area contributed by atoms with Gasteiger partial charge in [0.1, 0.15) is 0 Å². The first-order chi connectivity index (χ1) is 11.9. The molecule has 0 bridgehead atoms. The van der Waals surface area contributed by atoms with E-state index in [4.69, 9.17) is 5.11 Å². The molecule has 2 aromatic rings. The van der Waals surface area contributed by atoms with Crippen molar-refractivity contribution in [3.05, 3.63) is 53.7 Å². The zero-order valence-electron chi connectivity index (χ0n) is 15.0. The summed E-state index contributed by atoms with van der Waals surface area (Å²) in [4.78, 5) is 12.3. The Balaban J connectivity index is 2.01. The van der Waals surface area contributed by atoms with Gasteiger partial charge in [0.2, 0.25) is 0 Å². The van der Waals surface area contributed by atoms with E-state index in [9.17, 15) is 4.79 Å². The van der Waals surface area contributed by atoms with E-state index in [1.807, 2.05) is 36.4 Å². The van der Waals surface area contributed by atoms with E-state index in [1.54, 1.807) is 6.07 Å². The Morgan fingerprint density at radius 3 is 2.40 bits per heavy atom. The molecule has 0 saturated heterocycles. The summed E-state index contributed by atoms with van der Waals surface area (Å²) in [6.07, 6.45) is 1.27. The van der Waals surface area contributed by atoms with Crippen LogP contribution in [0.3, 0.4) is 0 Å². The summed E-state index contributed by atoms with van der Waals surface area (Å²) in [6, 6.07) is 12.8. The monoisotopic (exact) mass is 342 g/mol. The molecule has 6 heteroatoms. The van der Waals surface area contributed by atoms with Gasteiger partial charge in [-0.2, -0.15) is 5.10 Å². The lowest BCUT2D eigenvalue weighted by Gasteiger charge is -2.19. The van der Waals surface area contributed by atoms with Gasteiger partial charge < -0.3 is 10.4 Å². The molecule has 134 valence electrons. The number of carbonyl (C=O) groups is 1. The molecule has 0 aliphatic carbocycles. The van der Waals surface area contributed by atoms with Crippen molar-refractivity contribution in [1.82, 2.24) is 15.5 Å². The molecule has 0 aliphatic rings. The fourth-order valence-corrected chi connectivity index (χ4v) is 2.41. The van der Waals surface area contributed by atoms with Crippen LogP contribution in [-0.2, 0) is 5.41 Å². The molecule has 0 radical (unpaired) electrons. The van der Waals surface area contributed by atoms with Crippen molar-refractivity contribution in [3.8, 4) is 0 Å². The highest BCUT2D eigenvalue weighted by molar-refractivity contribution is 5.88. The zero-order valence-corrected chi connectivity index (χ0v) is 15.0. The van der Waals surface area contributed by atoms with Gasteiger partial charge in [-0.15, -0.1) is 5.10 Å². The van der Waals surface area contributed by atoms with E-state index in [0.29, 0.717) is 18.7 Å². The van der Waals surface area contributed by atoms with Crippen molar-refractivity contribution in [2.75, 3.05) is 11.9 Å². The molecule has 2 amide bonds. The molecule has 0 saturated carbocycles. The van der Waals surface area contributed by atoms with Crippen molar-refractivity contribution < 1.29 is 9.90 Å². The van der Waals surface area contributed by atoms with Crippen LogP contribution in [0.25, 0.3) is 0 Å². The highest BCUT2D eigenvalue weighted by Gasteiger charge is 2.17. The largest absolute Gasteiger partial charge is 0.396 e. The molecule has 1 heterocycles. The quantitative estimate of drug-likeness (QED) is 0.751. The van der Waals surface area contributed by atoms with Crippen molar-refractivity contribution in [2.45, 2.75) is 45.1 Å². The number of nitrogens with zero attached hydrogens (tertiary/aromatic N) is 2. The van der Waals surface area contributed by atoms with E-state index >= 15 is 0 Å². The molecule has 0 spiro atoms. The molecule has 1 unspecified atom stereocenters. The molecule has 1 aromatic heterocycles. The summed E-state index contributed by atoms with van der Waals surface area (Å²) >= 11 is 0. The Hall–Kier alpha value is -2.47.